The van der Waals surface area contributed by atoms with Gasteiger partial charge in [-0.25, -0.2) is 4.98 Å². The van der Waals surface area contributed by atoms with Gasteiger partial charge in [0.15, 0.2) is 5.78 Å². The largest absolute Gasteiger partial charge is 0.378 e. The van der Waals surface area contributed by atoms with E-state index in [-0.39, 0.29) is 23.2 Å². The van der Waals surface area contributed by atoms with Gasteiger partial charge in [0, 0.05) is 66.1 Å². The summed E-state index contributed by atoms with van der Waals surface area (Å²) in [6.07, 6.45) is 1.99. The van der Waals surface area contributed by atoms with Gasteiger partial charge in [0.1, 0.15) is 5.69 Å². The number of nitrogens with one attached hydrogen (secondary N) is 1. The molecular weight excluding hydrogens is 568 g/mol. The zero-order valence-corrected chi connectivity index (χ0v) is 26.3. The smallest absolute Gasteiger partial charge is 0.272 e. The highest BCUT2D eigenvalue weighted by Gasteiger charge is 2.23. The number of ether oxygens (including phenoxy) is 1. The van der Waals surface area contributed by atoms with E-state index in [2.05, 4.69) is 5.32 Å². The molecule has 9 nitrogen and oxygen atoms in total. The van der Waals surface area contributed by atoms with Crippen LogP contribution in [0.5, 0.6) is 0 Å². The van der Waals surface area contributed by atoms with Crippen LogP contribution in [0.3, 0.4) is 0 Å². The number of Topliss-reactive ketones (excluding diaryl/α,β-unsaturated/α-hetero) is 1. The van der Waals surface area contributed by atoms with Crippen LogP contribution in [0.2, 0.25) is 0 Å². The molecule has 0 bridgehead atoms. The molecular formula is C36H38N4O5. The third-order valence-corrected chi connectivity index (χ3v) is 7.96. The highest BCUT2D eigenvalue weighted by atomic mass is 16.5. The van der Waals surface area contributed by atoms with Crippen molar-refractivity contribution in [3.63, 3.8) is 0 Å². The van der Waals surface area contributed by atoms with E-state index in [1.165, 1.54) is 4.57 Å². The van der Waals surface area contributed by atoms with E-state index >= 15 is 0 Å². The van der Waals surface area contributed by atoms with Gasteiger partial charge in [0.25, 0.3) is 17.4 Å². The third-order valence-electron chi connectivity index (χ3n) is 7.96. The van der Waals surface area contributed by atoms with Gasteiger partial charge in [0.2, 0.25) is 0 Å². The SMILES string of the molecule is Cc1c(NC(=O)c2ccc(C(=O)C(C)(C)C)cc2)cccc1-c1cn(C)c(=O)c(Cc2ccc(C(=O)N3CCOCC3)cc2)n1. The number of aryl methyl sites for hydroxylation is 1. The lowest BCUT2D eigenvalue weighted by molar-refractivity contribution is 0.0303. The van der Waals surface area contributed by atoms with Crippen LogP contribution in [0.25, 0.3) is 11.3 Å². The second kappa shape index (κ2) is 13.0. The van der Waals surface area contributed by atoms with Gasteiger partial charge in [-0.1, -0.05) is 57.2 Å². The summed E-state index contributed by atoms with van der Waals surface area (Å²) >= 11 is 0. The Morgan fingerprint density at radius 3 is 2.16 bits per heavy atom. The van der Waals surface area contributed by atoms with Gasteiger partial charge >= 0.3 is 0 Å². The number of hydrogen-bond acceptors (Lipinski definition) is 6. The molecule has 0 atom stereocenters. The molecule has 1 aliphatic heterocycles. The lowest BCUT2D eigenvalue weighted by Gasteiger charge is -2.26. The first-order valence-electron chi connectivity index (χ1n) is 15.0. The average Bonchev–Trinajstić information content (AvgIpc) is 3.04. The number of rotatable bonds is 7. The van der Waals surface area contributed by atoms with Crippen LogP contribution in [0, 0.1) is 12.3 Å². The van der Waals surface area contributed by atoms with Crippen LogP contribution < -0.4 is 10.9 Å². The van der Waals surface area contributed by atoms with E-state index in [9.17, 15) is 19.2 Å². The minimum atomic E-state index is -0.510. The van der Waals surface area contributed by atoms with Crippen molar-refractivity contribution in [1.82, 2.24) is 14.5 Å². The van der Waals surface area contributed by atoms with Crippen LogP contribution in [0.1, 0.15) is 68.7 Å². The minimum Gasteiger partial charge on any atom is -0.378 e. The molecule has 1 aliphatic rings. The van der Waals surface area contributed by atoms with E-state index in [0.29, 0.717) is 66.5 Å². The van der Waals surface area contributed by atoms with E-state index in [1.54, 1.807) is 54.5 Å². The van der Waals surface area contributed by atoms with Gasteiger partial charge < -0.3 is 19.5 Å². The fourth-order valence-electron chi connectivity index (χ4n) is 5.27. The highest BCUT2D eigenvalue weighted by molar-refractivity contribution is 6.06. The summed E-state index contributed by atoms with van der Waals surface area (Å²) in [7, 11) is 1.69. The van der Waals surface area contributed by atoms with Crippen LogP contribution in [-0.4, -0.2) is 58.4 Å². The van der Waals surface area contributed by atoms with Crippen LogP contribution in [0.4, 0.5) is 5.69 Å². The number of ketones is 1. The highest BCUT2D eigenvalue weighted by Crippen LogP contribution is 2.28. The molecule has 4 aromatic rings. The predicted octanol–water partition coefficient (Wildman–Crippen LogP) is 5.30. The molecule has 232 valence electrons. The van der Waals surface area contributed by atoms with Gasteiger partial charge in [-0.3, -0.25) is 19.2 Å². The second-order valence-electron chi connectivity index (χ2n) is 12.4. The molecule has 0 aliphatic carbocycles. The first-order valence-corrected chi connectivity index (χ1v) is 15.0. The van der Waals surface area contributed by atoms with Gasteiger partial charge in [-0.05, 0) is 48.4 Å². The number of aromatic nitrogens is 2. The molecule has 2 amide bonds. The average molecular weight is 607 g/mol. The summed E-state index contributed by atoms with van der Waals surface area (Å²) in [5.74, 6) is -0.316. The fourth-order valence-corrected chi connectivity index (χ4v) is 5.27. The summed E-state index contributed by atoms with van der Waals surface area (Å²) in [5, 5.41) is 2.98. The summed E-state index contributed by atoms with van der Waals surface area (Å²) in [6.45, 7) is 9.71. The fraction of sp³-hybridized carbons (Fsp3) is 0.306. The van der Waals surface area contributed by atoms with E-state index < -0.39 is 5.41 Å². The maximum absolute atomic E-state index is 13.1. The van der Waals surface area contributed by atoms with Crippen molar-refractivity contribution >= 4 is 23.3 Å². The Balaban J connectivity index is 1.34. The Morgan fingerprint density at radius 2 is 1.51 bits per heavy atom. The minimum absolute atomic E-state index is 0.0121. The number of morpholine rings is 1. The standard InChI is InChI=1S/C36H38N4O5/c1-23-28(7-6-8-29(23)38-33(42)26-15-13-25(14-16-26)32(41)36(2,3)4)31-22-39(5)35(44)30(37-31)21-24-9-11-27(12-10-24)34(43)40-17-19-45-20-18-40/h6-16,22H,17-21H2,1-5H3,(H,38,42). The summed E-state index contributed by atoms with van der Waals surface area (Å²) < 4.78 is 6.85. The maximum Gasteiger partial charge on any atom is 0.272 e. The molecule has 9 heteroatoms. The molecule has 1 fully saturated rings. The number of hydrogen-bond donors (Lipinski definition) is 1. The number of nitrogens with zero attached hydrogens (tertiary/aromatic N) is 3. The first kappa shape index (κ1) is 31.5. The second-order valence-corrected chi connectivity index (χ2v) is 12.4. The van der Waals surface area contributed by atoms with Gasteiger partial charge in [-0.2, -0.15) is 0 Å². The summed E-state index contributed by atoms with van der Waals surface area (Å²) in [5.41, 5.74) is 4.91. The lowest BCUT2D eigenvalue weighted by atomic mass is 9.86. The first-order chi connectivity index (χ1) is 21.4. The number of carbonyl (C=O) groups excluding carboxylic acids is 3. The molecule has 0 saturated carbocycles. The van der Waals surface area contributed by atoms with Crippen molar-refractivity contribution in [1.29, 1.82) is 0 Å². The van der Waals surface area contributed by atoms with Crippen LogP contribution in [0.15, 0.2) is 77.7 Å². The van der Waals surface area contributed by atoms with Gasteiger partial charge in [-0.15, -0.1) is 0 Å². The molecule has 0 unspecified atom stereocenters. The summed E-state index contributed by atoms with van der Waals surface area (Å²) in [6, 6.07) is 19.5. The van der Waals surface area contributed by atoms with E-state index in [4.69, 9.17) is 9.72 Å². The van der Waals surface area contributed by atoms with Crippen molar-refractivity contribution in [2.24, 2.45) is 12.5 Å². The molecule has 1 aromatic heterocycles. The van der Waals surface area contributed by atoms with Gasteiger partial charge in [0.05, 0.1) is 18.9 Å². The van der Waals surface area contributed by atoms with Crippen LogP contribution >= 0.6 is 0 Å². The predicted molar refractivity (Wildman–Crippen MR) is 174 cm³/mol. The molecule has 1 N–H and O–H groups in total. The quantitative estimate of drug-likeness (QED) is 0.286. The van der Waals surface area contributed by atoms with Crippen molar-refractivity contribution < 1.29 is 19.1 Å². The number of amides is 2. The normalized spacial score (nSPS) is 13.4. The third kappa shape index (κ3) is 7.10. The van der Waals surface area contributed by atoms with Crippen molar-refractivity contribution in [3.8, 4) is 11.3 Å². The zero-order chi connectivity index (χ0) is 32.3. The monoisotopic (exact) mass is 606 g/mol. The summed E-state index contributed by atoms with van der Waals surface area (Å²) in [4.78, 5) is 58.1. The van der Waals surface area contributed by atoms with Crippen molar-refractivity contribution in [3.05, 3.63) is 117 Å². The van der Waals surface area contributed by atoms with E-state index in [1.807, 2.05) is 58.0 Å². The lowest BCUT2D eigenvalue weighted by Crippen LogP contribution is -2.40. The molecule has 5 rings (SSSR count). The molecule has 1 saturated heterocycles. The number of anilines is 1. The van der Waals surface area contributed by atoms with Crippen molar-refractivity contribution in [2.75, 3.05) is 31.6 Å². The zero-order valence-electron chi connectivity index (χ0n) is 26.3. The van der Waals surface area contributed by atoms with Crippen LogP contribution in [-0.2, 0) is 18.2 Å². The Bertz CT molecular complexity index is 1800. The Morgan fingerprint density at radius 1 is 0.889 bits per heavy atom. The number of carbonyl (C=O) groups is 3. The Kier molecular flexibility index (Phi) is 9.11. The molecule has 45 heavy (non-hydrogen) atoms. The molecule has 2 heterocycles. The Labute approximate surface area is 262 Å². The molecule has 3 aromatic carbocycles. The van der Waals surface area contributed by atoms with E-state index in [0.717, 1.165) is 16.7 Å². The maximum atomic E-state index is 13.1. The number of benzene rings is 3. The topological polar surface area (TPSA) is 111 Å². The van der Waals surface area contributed by atoms with Crippen molar-refractivity contribution in [2.45, 2.75) is 34.1 Å². The Hall–Kier alpha value is -4.89. The molecule has 0 radical (unpaired) electrons. The molecule has 0 spiro atoms.